The summed E-state index contributed by atoms with van der Waals surface area (Å²) in [4.78, 5) is 22.9. The third-order valence-corrected chi connectivity index (χ3v) is 2.73. The summed E-state index contributed by atoms with van der Waals surface area (Å²) in [5.41, 5.74) is 0.574. The van der Waals surface area contributed by atoms with Crippen molar-refractivity contribution in [3.05, 3.63) is 24.3 Å². The van der Waals surface area contributed by atoms with Gasteiger partial charge in [0, 0.05) is 5.69 Å². The molecule has 6 heteroatoms. The molecule has 0 saturated carbocycles. The van der Waals surface area contributed by atoms with Crippen LogP contribution in [0.4, 0.5) is 10.5 Å². The topological polar surface area (TPSA) is 87.7 Å². The molecule has 3 N–H and O–H groups in total. The predicted molar refractivity (Wildman–Crippen MR) is 80.6 cm³/mol. The van der Waals surface area contributed by atoms with Crippen LogP contribution in [-0.2, 0) is 4.79 Å². The highest BCUT2D eigenvalue weighted by Gasteiger charge is 2.20. The van der Waals surface area contributed by atoms with Crippen LogP contribution in [-0.4, -0.2) is 29.8 Å². The molecule has 1 aromatic rings. The lowest BCUT2D eigenvalue weighted by Crippen LogP contribution is -2.43. The number of amides is 2. The summed E-state index contributed by atoms with van der Waals surface area (Å²) in [7, 11) is 0. The molecule has 0 spiro atoms. The lowest BCUT2D eigenvalue weighted by atomic mass is 10.0. The van der Waals surface area contributed by atoms with Gasteiger partial charge in [0.1, 0.15) is 11.8 Å². The van der Waals surface area contributed by atoms with E-state index >= 15 is 0 Å². The monoisotopic (exact) mass is 294 g/mol. The van der Waals surface area contributed by atoms with Crippen LogP contribution in [0.15, 0.2) is 24.3 Å². The summed E-state index contributed by atoms with van der Waals surface area (Å²) in [5, 5.41) is 14.1. The van der Waals surface area contributed by atoms with E-state index in [-0.39, 0.29) is 5.92 Å². The summed E-state index contributed by atoms with van der Waals surface area (Å²) in [6.07, 6.45) is 0.381. The van der Waals surface area contributed by atoms with Gasteiger partial charge in [-0.25, -0.2) is 9.59 Å². The first kappa shape index (κ1) is 16.8. The molecule has 0 saturated heterocycles. The molecule has 6 nitrogen and oxygen atoms in total. The molecular formula is C15H22N2O4. The second kappa shape index (κ2) is 8.14. The number of carbonyl (C=O) groups is 2. The minimum Gasteiger partial charge on any atom is -0.494 e. The van der Waals surface area contributed by atoms with Crippen LogP contribution in [0.25, 0.3) is 0 Å². The molecule has 0 fully saturated rings. The zero-order valence-corrected chi connectivity index (χ0v) is 12.6. The first-order valence-electron chi connectivity index (χ1n) is 6.95. The minimum absolute atomic E-state index is 0.178. The fourth-order valence-electron chi connectivity index (χ4n) is 1.82. The zero-order valence-electron chi connectivity index (χ0n) is 12.6. The van der Waals surface area contributed by atoms with E-state index < -0.39 is 18.0 Å². The van der Waals surface area contributed by atoms with Crippen LogP contribution in [0, 0.1) is 5.92 Å². The van der Waals surface area contributed by atoms with Gasteiger partial charge in [-0.1, -0.05) is 13.8 Å². The van der Waals surface area contributed by atoms with Crippen molar-refractivity contribution in [3.8, 4) is 5.75 Å². The normalized spacial score (nSPS) is 11.8. The number of ether oxygens (including phenoxy) is 1. The van der Waals surface area contributed by atoms with Gasteiger partial charge in [0.25, 0.3) is 0 Å². The van der Waals surface area contributed by atoms with Gasteiger partial charge in [-0.2, -0.15) is 0 Å². The second-order valence-corrected chi connectivity index (χ2v) is 5.08. The number of hydrogen-bond acceptors (Lipinski definition) is 3. The van der Waals surface area contributed by atoms with Crippen LogP contribution < -0.4 is 15.4 Å². The summed E-state index contributed by atoms with van der Waals surface area (Å²) >= 11 is 0. The number of anilines is 1. The molecule has 0 aliphatic carbocycles. The molecule has 0 radical (unpaired) electrons. The number of carbonyl (C=O) groups excluding carboxylic acids is 1. The Labute approximate surface area is 124 Å². The number of aliphatic carboxylic acids is 1. The van der Waals surface area contributed by atoms with Crippen molar-refractivity contribution in [1.29, 1.82) is 0 Å². The Morgan fingerprint density at radius 1 is 1.24 bits per heavy atom. The van der Waals surface area contributed by atoms with Gasteiger partial charge in [0.2, 0.25) is 0 Å². The fraction of sp³-hybridized carbons (Fsp3) is 0.467. The van der Waals surface area contributed by atoms with Crippen LogP contribution in [0.3, 0.4) is 0 Å². The van der Waals surface area contributed by atoms with Crippen LogP contribution in [0.2, 0.25) is 0 Å². The van der Waals surface area contributed by atoms with E-state index in [1.165, 1.54) is 0 Å². The van der Waals surface area contributed by atoms with Crippen molar-refractivity contribution >= 4 is 17.7 Å². The zero-order chi connectivity index (χ0) is 15.8. The maximum atomic E-state index is 11.8. The average Bonchev–Trinajstić information content (AvgIpc) is 2.40. The maximum absolute atomic E-state index is 11.8. The van der Waals surface area contributed by atoms with Gasteiger partial charge in [0.05, 0.1) is 6.61 Å². The van der Waals surface area contributed by atoms with Crippen LogP contribution in [0.1, 0.15) is 27.2 Å². The molecule has 0 aromatic heterocycles. The molecule has 21 heavy (non-hydrogen) atoms. The van der Waals surface area contributed by atoms with Gasteiger partial charge in [0.15, 0.2) is 0 Å². The van der Waals surface area contributed by atoms with E-state index in [2.05, 4.69) is 10.6 Å². The molecule has 1 rings (SSSR count). The van der Waals surface area contributed by atoms with Crippen molar-refractivity contribution in [2.75, 3.05) is 11.9 Å². The summed E-state index contributed by atoms with van der Waals surface area (Å²) in [6.45, 7) is 6.27. The largest absolute Gasteiger partial charge is 0.494 e. The molecule has 0 bridgehead atoms. The fourth-order valence-corrected chi connectivity index (χ4v) is 1.82. The molecular weight excluding hydrogens is 272 g/mol. The Morgan fingerprint density at radius 3 is 2.33 bits per heavy atom. The molecule has 0 unspecified atom stereocenters. The number of benzene rings is 1. The van der Waals surface area contributed by atoms with E-state index in [4.69, 9.17) is 9.84 Å². The van der Waals surface area contributed by atoms with E-state index in [0.29, 0.717) is 24.5 Å². The molecule has 1 atom stereocenters. The SMILES string of the molecule is CCOc1ccc(NC(=O)N[C@@H](CC(C)C)C(=O)O)cc1. The number of carboxylic acids is 1. The highest BCUT2D eigenvalue weighted by atomic mass is 16.5. The first-order chi connectivity index (χ1) is 9.92. The van der Waals surface area contributed by atoms with Gasteiger partial charge < -0.3 is 20.5 Å². The van der Waals surface area contributed by atoms with E-state index in [1.54, 1.807) is 24.3 Å². The molecule has 0 aliphatic heterocycles. The third kappa shape index (κ3) is 6.16. The van der Waals surface area contributed by atoms with Crippen molar-refractivity contribution < 1.29 is 19.4 Å². The summed E-state index contributed by atoms with van der Waals surface area (Å²) in [6, 6.07) is 5.44. The molecule has 2 amide bonds. The summed E-state index contributed by atoms with van der Waals surface area (Å²) < 4.78 is 5.30. The number of carboxylic acid groups (broad SMARTS) is 1. The minimum atomic E-state index is -1.04. The number of urea groups is 1. The van der Waals surface area contributed by atoms with E-state index in [0.717, 1.165) is 0 Å². The standard InChI is InChI=1S/C15H22N2O4/c1-4-21-12-7-5-11(6-8-12)16-15(20)17-13(14(18)19)9-10(2)3/h5-8,10,13H,4,9H2,1-3H3,(H,18,19)(H2,16,17,20)/t13-/m0/s1. The Balaban J connectivity index is 2.57. The quantitative estimate of drug-likeness (QED) is 0.721. The number of hydrogen-bond donors (Lipinski definition) is 3. The number of nitrogens with one attached hydrogen (secondary N) is 2. The maximum Gasteiger partial charge on any atom is 0.326 e. The Hall–Kier alpha value is -2.24. The lowest BCUT2D eigenvalue weighted by molar-refractivity contribution is -0.139. The predicted octanol–water partition coefficient (Wildman–Crippen LogP) is 2.71. The van der Waals surface area contributed by atoms with Gasteiger partial charge in [-0.3, -0.25) is 0 Å². The van der Waals surface area contributed by atoms with Gasteiger partial charge in [-0.15, -0.1) is 0 Å². The smallest absolute Gasteiger partial charge is 0.326 e. The van der Waals surface area contributed by atoms with Crippen molar-refractivity contribution in [2.45, 2.75) is 33.2 Å². The van der Waals surface area contributed by atoms with E-state index in [9.17, 15) is 9.59 Å². The molecule has 1 aromatic carbocycles. The van der Waals surface area contributed by atoms with Crippen molar-refractivity contribution in [3.63, 3.8) is 0 Å². The average molecular weight is 294 g/mol. The highest BCUT2D eigenvalue weighted by Crippen LogP contribution is 2.15. The second-order valence-electron chi connectivity index (χ2n) is 5.08. The van der Waals surface area contributed by atoms with Crippen molar-refractivity contribution in [1.82, 2.24) is 5.32 Å². The molecule has 0 heterocycles. The highest BCUT2D eigenvalue weighted by molar-refractivity contribution is 5.92. The Morgan fingerprint density at radius 2 is 1.86 bits per heavy atom. The molecule has 116 valence electrons. The van der Waals surface area contributed by atoms with Gasteiger partial charge >= 0.3 is 12.0 Å². The van der Waals surface area contributed by atoms with Crippen LogP contribution >= 0.6 is 0 Å². The lowest BCUT2D eigenvalue weighted by Gasteiger charge is -2.17. The Bertz CT molecular complexity index is 471. The molecule has 0 aliphatic rings. The third-order valence-electron chi connectivity index (χ3n) is 2.73. The Kier molecular flexibility index (Phi) is 6.52. The van der Waals surface area contributed by atoms with Crippen molar-refractivity contribution in [2.24, 2.45) is 5.92 Å². The summed E-state index contributed by atoms with van der Waals surface area (Å²) in [5.74, 6) is -0.144. The first-order valence-corrected chi connectivity index (χ1v) is 6.95. The van der Waals surface area contributed by atoms with Gasteiger partial charge in [-0.05, 0) is 43.5 Å². The number of rotatable bonds is 7. The van der Waals surface area contributed by atoms with E-state index in [1.807, 2.05) is 20.8 Å². The van der Waals surface area contributed by atoms with Crippen LogP contribution in [0.5, 0.6) is 5.75 Å².